The molecule has 2 aliphatic rings. The van der Waals surface area contributed by atoms with Crippen LogP contribution in [0.1, 0.15) is 16.8 Å². The minimum atomic E-state index is 0.0935. The maximum atomic E-state index is 12.9. The molecule has 6 nitrogen and oxygen atoms in total. The molecule has 2 saturated heterocycles. The standard InChI is InChI=1S/C20H25N5OS/c26-20(25-9-2-7-21-8-10-25)17-4-1-3-16(15-17)18-5-6-19(23-22-18)24-11-13-27-14-12-24/h1,3-6,15,21H,2,7-14H2. The van der Waals surface area contributed by atoms with E-state index in [1.54, 1.807) is 0 Å². The topological polar surface area (TPSA) is 61.4 Å². The zero-order valence-electron chi connectivity index (χ0n) is 15.4. The quantitative estimate of drug-likeness (QED) is 0.876. The van der Waals surface area contributed by atoms with E-state index in [1.807, 2.05) is 53.1 Å². The van der Waals surface area contributed by atoms with Gasteiger partial charge in [0.25, 0.3) is 5.91 Å². The van der Waals surface area contributed by atoms with E-state index in [0.29, 0.717) is 5.56 Å². The van der Waals surface area contributed by atoms with Crippen molar-refractivity contribution in [3.05, 3.63) is 42.0 Å². The third kappa shape index (κ3) is 4.42. The number of nitrogens with one attached hydrogen (secondary N) is 1. The van der Waals surface area contributed by atoms with E-state index in [4.69, 9.17) is 0 Å². The van der Waals surface area contributed by atoms with E-state index >= 15 is 0 Å². The Morgan fingerprint density at radius 1 is 1.00 bits per heavy atom. The van der Waals surface area contributed by atoms with Gasteiger partial charge in [-0.2, -0.15) is 11.8 Å². The van der Waals surface area contributed by atoms with Crippen LogP contribution in [-0.4, -0.2) is 71.8 Å². The fraction of sp³-hybridized carbons (Fsp3) is 0.450. The van der Waals surface area contributed by atoms with E-state index < -0.39 is 0 Å². The number of aromatic nitrogens is 2. The number of anilines is 1. The third-order valence-corrected chi connectivity index (χ3v) is 5.96. The Hall–Kier alpha value is -2.12. The molecule has 7 heteroatoms. The fourth-order valence-corrected chi connectivity index (χ4v) is 4.39. The zero-order chi connectivity index (χ0) is 18.5. The van der Waals surface area contributed by atoms with Crippen molar-refractivity contribution in [3.8, 4) is 11.3 Å². The van der Waals surface area contributed by atoms with Gasteiger partial charge >= 0.3 is 0 Å². The van der Waals surface area contributed by atoms with Crippen LogP contribution in [0.25, 0.3) is 11.3 Å². The Bertz CT molecular complexity index is 768. The van der Waals surface area contributed by atoms with Gasteiger partial charge in [0.2, 0.25) is 0 Å². The summed E-state index contributed by atoms with van der Waals surface area (Å²) in [5.41, 5.74) is 2.45. The summed E-state index contributed by atoms with van der Waals surface area (Å²) in [6.45, 7) is 5.43. The maximum absolute atomic E-state index is 12.9. The summed E-state index contributed by atoms with van der Waals surface area (Å²) in [7, 11) is 0. The molecule has 27 heavy (non-hydrogen) atoms. The second-order valence-corrected chi connectivity index (χ2v) is 8.08. The van der Waals surface area contributed by atoms with Crippen molar-refractivity contribution in [2.24, 2.45) is 0 Å². The number of thioether (sulfide) groups is 1. The van der Waals surface area contributed by atoms with Crippen molar-refractivity contribution in [3.63, 3.8) is 0 Å². The minimum absolute atomic E-state index is 0.0935. The molecular formula is C20H25N5OS. The first-order valence-corrected chi connectivity index (χ1v) is 10.7. The lowest BCUT2D eigenvalue weighted by atomic mass is 10.1. The Labute approximate surface area is 164 Å². The van der Waals surface area contributed by atoms with Gasteiger partial charge in [0.05, 0.1) is 5.69 Å². The van der Waals surface area contributed by atoms with Crippen LogP contribution >= 0.6 is 11.8 Å². The third-order valence-electron chi connectivity index (χ3n) is 5.02. The Morgan fingerprint density at radius 3 is 2.70 bits per heavy atom. The van der Waals surface area contributed by atoms with Crippen molar-refractivity contribution >= 4 is 23.5 Å². The molecule has 1 aromatic heterocycles. The van der Waals surface area contributed by atoms with E-state index in [0.717, 1.165) is 74.3 Å². The number of amides is 1. The molecule has 1 amide bonds. The number of hydrogen-bond acceptors (Lipinski definition) is 6. The van der Waals surface area contributed by atoms with E-state index in [-0.39, 0.29) is 5.91 Å². The molecule has 0 bridgehead atoms. The van der Waals surface area contributed by atoms with Crippen LogP contribution in [0.15, 0.2) is 36.4 Å². The molecule has 0 saturated carbocycles. The van der Waals surface area contributed by atoms with Crippen molar-refractivity contribution in [1.29, 1.82) is 0 Å². The highest BCUT2D eigenvalue weighted by Crippen LogP contribution is 2.22. The summed E-state index contributed by atoms with van der Waals surface area (Å²) in [6.07, 6.45) is 0.993. The number of nitrogens with zero attached hydrogens (tertiary/aromatic N) is 4. The normalized spacial score (nSPS) is 18.2. The van der Waals surface area contributed by atoms with E-state index in [9.17, 15) is 4.79 Å². The highest BCUT2D eigenvalue weighted by atomic mass is 32.2. The summed E-state index contributed by atoms with van der Waals surface area (Å²) < 4.78 is 0. The molecule has 2 aliphatic heterocycles. The van der Waals surface area contributed by atoms with Crippen LogP contribution in [0.2, 0.25) is 0 Å². The first-order valence-electron chi connectivity index (χ1n) is 9.58. The molecule has 1 N–H and O–H groups in total. The fourth-order valence-electron chi connectivity index (χ4n) is 3.48. The summed E-state index contributed by atoms with van der Waals surface area (Å²) >= 11 is 1.98. The van der Waals surface area contributed by atoms with Gasteiger partial charge in [0.1, 0.15) is 0 Å². The predicted molar refractivity (Wildman–Crippen MR) is 110 cm³/mol. The monoisotopic (exact) mass is 383 g/mol. The van der Waals surface area contributed by atoms with Crippen LogP contribution in [0.5, 0.6) is 0 Å². The van der Waals surface area contributed by atoms with Gasteiger partial charge in [-0.25, -0.2) is 0 Å². The lowest BCUT2D eigenvalue weighted by Gasteiger charge is -2.26. The molecule has 142 valence electrons. The molecule has 0 aliphatic carbocycles. The Balaban J connectivity index is 1.50. The number of carbonyl (C=O) groups is 1. The first-order chi connectivity index (χ1) is 13.3. The Morgan fingerprint density at radius 2 is 1.89 bits per heavy atom. The van der Waals surface area contributed by atoms with Gasteiger partial charge in [0.15, 0.2) is 5.82 Å². The van der Waals surface area contributed by atoms with Crippen LogP contribution in [-0.2, 0) is 0 Å². The first kappa shape index (κ1) is 18.3. The van der Waals surface area contributed by atoms with Crippen molar-refractivity contribution in [1.82, 2.24) is 20.4 Å². The summed E-state index contributed by atoms with van der Waals surface area (Å²) in [6, 6.07) is 11.8. The highest BCUT2D eigenvalue weighted by Gasteiger charge is 2.18. The van der Waals surface area contributed by atoms with Crippen LogP contribution in [0.3, 0.4) is 0 Å². The highest BCUT2D eigenvalue weighted by molar-refractivity contribution is 7.99. The molecule has 2 fully saturated rings. The molecule has 0 unspecified atom stereocenters. The largest absolute Gasteiger partial charge is 0.353 e. The summed E-state index contributed by atoms with van der Waals surface area (Å²) in [5.74, 6) is 3.30. The number of hydrogen-bond donors (Lipinski definition) is 1. The molecule has 2 aromatic rings. The van der Waals surface area contributed by atoms with Crippen LogP contribution in [0.4, 0.5) is 5.82 Å². The second-order valence-electron chi connectivity index (χ2n) is 6.85. The predicted octanol–water partition coefficient (Wildman–Crippen LogP) is 2.13. The van der Waals surface area contributed by atoms with Crippen molar-refractivity contribution in [2.45, 2.75) is 6.42 Å². The van der Waals surface area contributed by atoms with Gasteiger partial charge in [-0.3, -0.25) is 4.79 Å². The lowest BCUT2D eigenvalue weighted by Crippen LogP contribution is -2.34. The Kier molecular flexibility index (Phi) is 5.89. The van der Waals surface area contributed by atoms with Gasteiger partial charge in [-0.1, -0.05) is 12.1 Å². The molecule has 0 radical (unpaired) electrons. The van der Waals surface area contributed by atoms with E-state index in [1.165, 1.54) is 0 Å². The smallest absolute Gasteiger partial charge is 0.253 e. The van der Waals surface area contributed by atoms with Gasteiger partial charge in [0, 0.05) is 55.4 Å². The van der Waals surface area contributed by atoms with Gasteiger partial charge in [-0.05, 0) is 37.2 Å². The van der Waals surface area contributed by atoms with Gasteiger partial charge < -0.3 is 15.1 Å². The molecule has 4 rings (SSSR count). The maximum Gasteiger partial charge on any atom is 0.253 e. The average molecular weight is 384 g/mol. The average Bonchev–Trinajstić information content (AvgIpc) is 3.04. The summed E-state index contributed by atoms with van der Waals surface area (Å²) in [5, 5.41) is 12.2. The van der Waals surface area contributed by atoms with Gasteiger partial charge in [-0.15, -0.1) is 10.2 Å². The van der Waals surface area contributed by atoms with Crippen molar-refractivity contribution < 1.29 is 4.79 Å². The number of rotatable bonds is 3. The summed E-state index contributed by atoms with van der Waals surface area (Å²) in [4.78, 5) is 17.1. The number of carbonyl (C=O) groups excluding carboxylic acids is 1. The van der Waals surface area contributed by atoms with Crippen molar-refractivity contribution in [2.75, 3.05) is 55.7 Å². The lowest BCUT2D eigenvalue weighted by molar-refractivity contribution is 0.0766. The molecule has 0 atom stereocenters. The van der Waals surface area contributed by atoms with Crippen LogP contribution < -0.4 is 10.2 Å². The minimum Gasteiger partial charge on any atom is -0.353 e. The molecule has 3 heterocycles. The SMILES string of the molecule is O=C(c1cccc(-c2ccc(N3CCSCC3)nn2)c1)N1CCCNCC1. The van der Waals surface area contributed by atoms with Crippen LogP contribution in [0, 0.1) is 0 Å². The number of benzene rings is 1. The molecule has 1 aromatic carbocycles. The van der Waals surface area contributed by atoms with E-state index in [2.05, 4.69) is 20.4 Å². The second kappa shape index (κ2) is 8.71. The molecular weight excluding hydrogens is 358 g/mol. The molecule has 0 spiro atoms. The zero-order valence-corrected chi connectivity index (χ0v) is 16.2.